The molecule has 3 fully saturated rings. The number of nitrogens with two attached hydrogens (primary N) is 1. The van der Waals surface area contributed by atoms with E-state index in [9.17, 15) is 24.6 Å². The van der Waals surface area contributed by atoms with E-state index >= 15 is 0 Å². The Labute approximate surface area is 159 Å². The highest BCUT2D eigenvalue weighted by molar-refractivity contribution is 5.95. The summed E-state index contributed by atoms with van der Waals surface area (Å²) in [4.78, 5) is 37.8. The molecule has 3 saturated carbocycles. The predicted molar refractivity (Wildman–Crippen MR) is 97.5 cm³/mol. The van der Waals surface area contributed by atoms with Crippen LogP contribution in [-0.2, 0) is 14.4 Å². The van der Waals surface area contributed by atoms with E-state index in [1.165, 1.54) is 0 Å². The number of aliphatic hydroxyl groups is 2. The van der Waals surface area contributed by atoms with E-state index in [4.69, 9.17) is 5.73 Å². The van der Waals surface area contributed by atoms with Crippen LogP contribution in [0.4, 0.5) is 0 Å². The lowest BCUT2D eigenvalue weighted by Crippen LogP contribution is -2.63. The summed E-state index contributed by atoms with van der Waals surface area (Å²) in [6.45, 7) is 3.15. The Balaban J connectivity index is 1.77. The molecular weight excluding hydrogens is 346 g/mol. The molecule has 0 aliphatic heterocycles. The van der Waals surface area contributed by atoms with E-state index in [0.29, 0.717) is 6.42 Å². The molecular formula is C21H29NO5. The van der Waals surface area contributed by atoms with Crippen molar-refractivity contribution in [3.63, 3.8) is 0 Å². The van der Waals surface area contributed by atoms with Crippen LogP contribution in [0.25, 0.3) is 0 Å². The Hall–Kier alpha value is -1.37. The first-order chi connectivity index (χ1) is 12.6. The summed E-state index contributed by atoms with van der Waals surface area (Å²) in [5.41, 5.74) is 4.39. The highest BCUT2D eigenvalue weighted by Gasteiger charge is 2.69. The fraction of sp³-hybridized carbons (Fsp3) is 0.762. The molecule has 0 heterocycles. The van der Waals surface area contributed by atoms with E-state index in [1.54, 1.807) is 6.08 Å². The first kappa shape index (κ1) is 19.0. The van der Waals surface area contributed by atoms with Gasteiger partial charge in [0.05, 0.1) is 0 Å². The first-order valence-corrected chi connectivity index (χ1v) is 9.98. The van der Waals surface area contributed by atoms with Crippen LogP contribution in [0.1, 0.15) is 52.4 Å². The summed E-state index contributed by atoms with van der Waals surface area (Å²) in [7, 11) is 0. The molecule has 0 amide bonds. The second-order valence-electron chi connectivity index (χ2n) is 9.56. The number of hydrogen-bond donors (Lipinski definition) is 3. The van der Waals surface area contributed by atoms with Gasteiger partial charge in [0.25, 0.3) is 0 Å². The molecule has 0 radical (unpaired) electrons. The van der Waals surface area contributed by atoms with Gasteiger partial charge in [-0.1, -0.05) is 19.4 Å². The third-order valence-electron chi connectivity index (χ3n) is 8.63. The molecule has 0 bridgehead atoms. The van der Waals surface area contributed by atoms with Crippen molar-refractivity contribution in [2.24, 2.45) is 34.3 Å². The molecule has 1 unspecified atom stereocenters. The van der Waals surface area contributed by atoms with Gasteiger partial charge in [-0.15, -0.1) is 0 Å². The number of Topliss-reactive ketones (excluding diaryl/α,β-unsaturated/α-hetero) is 2. The van der Waals surface area contributed by atoms with Crippen LogP contribution in [0.3, 0.4) is 0 Å². The molecule has 6 heteroatoms. The number of hydrogen-bond acceptors (Lipinski definition) is 6. The maximum Gasteiger partial charge on any atom is 0.190 e. The molecule has 27 heavy (non-hydrogen) atoms. The number of ketones is 3. The molecule has 0 aromatic carbocycles. The van der Waals surface area contributed by atoms with Gasteiger partial charge in [-0.25, -0.2) is 0 Å². The van der Waals surface area contributed by atoms with Crippen molar-refractivity contribution in [2.45, 2.75) is 64.0 Å². The maximum absolute atomic E-state index is 13.4. The fourth-order valence-corrected chi connectivity index (χ4v) is 7.09. The van der Waals surface area contributed by atoms with Crippen LogP contribution in [0.5, 0.6) is 0 Å². The quantitative estimate of drug-likeness (QED) is 0.661. The molecule has 0 aromatic rings. The van der Waals surface area contributed by atoms with Crippen molar-refractivity contribution in [2.75, 3.05) is 6.61 Å². The van der Waals surface area contributed by atoms with Crippen molar-refractivity contribution in [3.05, 3.63) is 11.6 Å². The van der Waals surface area contributed by atoms with Crippen LogP contribution in [-0.4, -0.2) is 45.8 Å². The van der Waals surface area contributed by atoms with Crippen molar-refractivity contribution in [1.82, 2.24) is 0 Å². The Kier molecular flexibility index (Phi) is 4.09. The lowest BCUT2D eigenvalue weighted by molar-refractivity contribution is -0.171. The Morgan fingerprint density at radius 2 is 2.00 bits per heavy atom. The van der Waals surface area contributed by atoms with Crippen molar-refractivity contribution < 1.29 is 24.6 Å². The number of fused-ring (bicyclic) bond motifs is 5. The van der Waals surface area contributed by atoms with E-state index in [2.05, 4.69) is 0 Å². The van der Waals surface area contributed by atoms with Crippen LogP contribution in [0, 0.1) is 28.6 Å². The van der Waals surface area contributed by atoms with E-state index in [0.717, 1.165) is 18.4 Å². The smallest absolute Gasteiger partial charge is 0.190 e. The van der Waals surface area contributed by atoms with Crippen molar-refractivity contribution in [1.29, 1.82) is 0 Å². The van der Waals surface area contributed by atoms with E-state index in [-0.39, 0.29) is 54.6 Å². The minimum Gasteiger partial charge on any atom is -0.388 e. The molecule has 0 aromatic heterocycles. The van der Waals surface area contributed by atoms with Crippen LogP contribution >= 0.6 is 0 Å². The van der Waals surface area contributed by atoms with Crippen LogP contribution in [0.2, 0.25) is 0 Å². The summed E-state index contributed by atoms with van der Waals surface area (Å²) in [5, 5.41) is 20.5. The minimum atomic E-state index is -1.64. The van der Waals surface area contributed by atoms with Crippen molar-refractivity contribution >= 4 is 17.3 Å². The Morgan fingerprint density at radius 3 is 2.67 bits per heavy atom. The molecule has 0 saturated heterocycles. The molecule has 0 spiro atoms. The van der Waals surface area contributed by atoms with Crippen LogP contribution in [0.15, 0.2) is 11.6 Å². The maximum atomic E-state index is 13.4. The van der Waals surface area contributed by atoms with Crippen molar-refractivity contribution in [3.8, 4) is 0 Å². The predicted octanol–water partition coefficient (Wildman–Crippen LogP) is 0.927. The molecule has 7 atom stereocenters. The van der Waals surface area contributed by atoms with Gasteiger partial charge in [0.1, 0.15) is 18.0 Å². The number of rotatable bonds is 2. The van der Waals surface area contributed by atoms with Gasteiger partial charge < -0.3 is 15.9 Å². The van der Waals surface area contributed by atoms with Gasteiger partial charge >= 0.3 is 0 Å². The molecule has 4 N–H and O–H groups in total. The highest BCUT2D eigenvalue weighted by atomic mass is 16.3. The normalized spacial score (nSPS) is 49.1. The third kappa shape index (κ3) is 2.21. The van der Waals surface area contributed by atoms with Crippen LogP contribution < -0.4 is 5.73 Å². The zero-order valence-electron chi connectivity index (χ0n) is 16.0. The third-order valence-corrected chi connectivity index (χ3v) is 8.63. The lowest BCUT2D eigenvalue weighted by atomic mass is 9.45. The van der Waals surface area contributed by atoms with Gasteiger partial charge in [0.15, 0.2) is 11.6 Å². The Bertz CT molecular complexity index is 760. The van der Waals surface area contributed by atoms with Gasteiger partial charge in [0, 0.05) is 35.6 Å². The molecule has 6 nitrogen and oxygen atoms in total. The Morgan fingerprint density at radius 1 is 1.30 bits per heavy atom. The lowest BCUT2D eigenvalue weighted by Gasteiger charge is -2.59. The number of carbonyl (C=O) groups excluding carboxylic acids is 3. The zero-order valence-corrected chi connectivity index (χ0v) is 16.0. The summed E-state index contributed by atoms with van der Waals surface area (Å²) >= 11 is 0. The molecule has 4 rings (SSSR count). The van der Waals surface area contributed by atoms with E-state index in [1.807, 2.05) is 13.8 Å². The average molecular weight is 375 g/mol. The van der Waals surface area contributed by atoms with Gasteiger partial charge in [-0.3, -0.25) is 14.4 Å². The molecule has 148 valence electrons. The minimum absolute atomic E-state index is 0.0303. The topological polar surface area (TPSA) is 118 Å². The number of aliphatic hydroxyl groups excluding tert-OH is 1. The summed E-state index contributed by atoms with van der Waals surface area (Å²) < 4.78 is 0. The van der Waals surface area contributed by atoms with Gasteiger partial charge in [-0.05, 0) is 43.6 Å². The first-order valence-electron chi connectivity index (χ1n) is 9.98. The summed E-state index contributed by atoms with van der Waals surface area (Å²) in [6, 6.07) is -0.384. The number of carbonyl (C=O) groups is 3. The fourth-order valence-electron chi connectivity index (χ4n) is 7.09. The van der Waals surface area contributed by atoms with E-state index < -0.39 is 28.8 Å². The highest BCUT2D eigenvalue weighted by Crippen LogP contribution is 2.66. The standard InChI is InChI=1S/C21H29NO5/c1-19-9-15(25)18-13(14(19)5-6-21(19,27)17(26)10-23)4-3-11-7-12(24)8-16(22)20(11,18)2/h7,13-14,16,18,23,27H,3-6,8-10,22H2,1-2H3/t13-,14-,16?,18+,19-,20+,21-/m0/s1. The van der Waals surface area contributed by atoms with Gasteiger partial charge in [0.2, 0.25) is 0 Å². The SMILES string of the molecule is C[C@]12CC(=O)[C@H]3[C@@H](CCC4=CC(=O)CC(N)[C@@]43C)[C@@H]1CC[C@]2(O)C(=O)CO. The second-order valence-corrected chi connectivity index (χ2v) is 9.56. The molecule has 4 aliphatic rings. The molecule has 4 aliphatic carbocycles. The average Bonchev–Trinajstić information content (AvgIpc) is 2.87. The largest absolute Gasteiger partial charge is 0.388 e. The summed E-state index contributed by atoms with van der Waals surface area (Å²) in [5.74, 6) is -0.721. The monoisotopic (exact) mass is 375 g/mol. The van der Waals surface area contributed by atoms with Gasteiger partial charge in [-0.2, -0.15) is 0 Å². The summed E-state index contributed by atoms with van der Waals surface area (Å²) in [6.07, 6.45) is 4.51. The second kappa shape index (κ2) is 5.82. The zero-order chi connectivity index (χ0) is 19.8.